The summed E-state index contributed by atoms with van der Waals surface area (Å²) in [5.41, 5.74) is 5.59. The van der Waals surface area contributed by atoms with Crippen LogP contribution in [0.5, 0.6) is 11.5 Å². The quantitative estimate of drug-likeness (QED) is 0.120. The molecule has 49 heavy (non-hydrogen) atoms. The molecule has 6 rings (SSSR count). The van der Waals surface area contributed by atoms with Gasteiger partial charge < -0.3 is 24.0 Å². The number of para-hydroxylation sites is 3. The number of aromatic nitrogens is 1. The molecule has 0 amide bonds. The molecule has 1 atom stereocenters. The zero-order valence-electron chi connectivity index (χ0n) is 28.1. The van der Waals surface area contributed by atoms with Crippen LogP contribution >= 0.6 is 12.4 Å². The Morgan fingerprint density at radius 3 is 2.24 bits per heavy atom. The van der Waals surface area contributed by atoms with E-state index in [-0.39, 0.29) is 30.7 Å². The largest absolute Gasteiger partial charge is 0.495 e. The first-order valence-electron chi connectivity index (χ1n) is 16.7. The fourth-order valence-electron chi connectivity index (χ4n) is 6.50. The van der Waals surface area contributed by atoms with E-state index in [1.807, 2.05) is 71.4 Å². The highest BCUT2D eigenvalue weighted by molar-refractivity contribution is 6.16. The Labute approximate surface area is 294 Å². The lowest BCUT2D eigenvalue weighted by atomic mass is 10.0. The molecule has 8 nitrogen and oxygen atoms in total. The molecular formula is C40H44ClN3O5. The number of carboxylic acids is 1. The van der Waals surface area contributed by atoms with E-state index in [1.54, 1.807) is 7.11 Å². The first-order chi connectivity index (χ1) is 23.4. The molecule has 0 unspecified atom stereocenters. The van der Waals surface area contributed by atoms with E-state index in [9.17, 15) is 9.59 Å². The summed E-state index contributed by atoms with van der Waals surface area (Å²) in [6.07, 6.45) is 3.13. The van der Waals surface area contributed by atoms with Crippen molar-refractivity contribution in [2.24, 2.45) is 0 Å². The molecule has 1 fully saturated rings. The summed E-state index contributed by atoms with van der Waals surface area (Å²) in [6.45, 7) is 7.33. The molecule has 0 bridgehead atoms. The molecule has 1 N–H and O–H groups in total. The molecule has 0 spiro atoms. The van der Waals surface area contributed by atoms with Gasteiger partial charge >= 0.3 is 5.97 Å². The summed E-state index contributed by atoms with van der Waals surface area (Å²) in [4.78, 5) is 29.6. The van der Waals surface area contributed by atoms with Crippen LogP contribution in [0.1, 0.15) is 52.4 Å². The van der Waals surface area contributed by atoms with Crippen molar-refractivity contribution in [3.05, 3.63) is 126 Å². The number of ketones is 1. The monoisotopic (exact) mass is 681 g/mol. The number of methoxy groups -OCH3 is 1. The molecule has 0 aliphatic carbocycles. The summed E-state index contributed by atoms with van der Waals surface area (Å²) < 4.78 is 14.2. The molecule has 1 aliphatic heterocycles. The number of anilines is 1. The van der Waals surface area contributed by atoms with Gasteiger partial charge in [-0.25, -0.2) is 0 Å². The number of halogens is 1. The third-order valence-electron chi connectivity index (χ3n) is 9.17. The number of hydrogen-bond acceptors (Lipinski definition) is 6. The number of fused-ring (bicyclic) bond motifs is 1. The van der Waals surface area contributed by atoms with E-state index in [0.29, 0.717) is 29.8 Å². The number of aliphatic carboxylic acids is 1. The Hall–Kier alpha value is -4.79. The lowest BCUT2D eigenvalue weighted by molar-refractivity contribution is -0.137. The van der Waals surface area contributed by atoms with Crippen LogP contribution in [0, 0.1) is 6.92 Å². The van der Waals surface area contributed by atoms with Gasteiger partial charge in [0.15, 0.2) is 5.78 Å². The van der Waals surface area contributed by atoms with E-state index >= 15 is 0 Å². The number of aryl methyl sites for hydroxylation is 2. The fourth-order valence-corrected chi connectivity index (χ4v) is 6.50. The Morgan fingerprint density at radius 1 is 0.837 bits per heavy atom. The van der Waals surface area contributed by atoms with Crippen LogP contribution in [0.4, 0.5) is 5.69 Å². The summed E-state index contributed by atoms with van der Waals surface area (Å²) >= 11 is 0. The maximum Gasteiger partial charge on any atom is 0.303 e. The molecule has 9 heteroatoms. The molecular weight excluding hydrogens is 638 g/mol. The van der Waals surface area contributed by atoms with E-state index in [2.05, 4.69) is 53.1 Å². The summed E-state index contributed by atoms with van der Waals surface area (Å²) in [6, 6.07) is 31.9. The van der Waals surface area contributed by atoms with Crippen LogP contribution in [0.3, 0.4) is 0 Å². The van der Waals surface area contributed by atoms with Gasteiger partial charge in [-0.2, -0.15) is 0 Å². The first-order valence-corrected chi connectivity index (χ1v) is 16.7. The van der Waals surface area contributed by atoms with Crippen molar-refractivity contribution in [1.82, 2.24) is 9.47 Å². The molecule has 2 heterocycles. The van der Waals surface area contributed by atoms with Crippen molar-refractivity contribution in [2.75, 3.05) is 44.7 Å². The number of carboxylic acid groups (broad SMARTS) is 1. The van der Waals surface area contributed by atoms with Crippen molar-refractivity contribution < 1.29 is 24.2 Å². The fraction of sp³-hybridized carbons (Fsp3) is 0.300. The lowest BCUT2D eigenvalue weighted by Crippen LogP contribution is -2.47. The molecule has 5 aromatic rings. The number of piperazine rings is 1. The minimum atomic E-state index is -0.822. The first kappa shape index (κ1) is 35.5. The number of carbonyl (C=O) groups is 2. The van der Waals surface area contributed by atoms with Crippen molar-refractivity contribution in [3.63, 3.8) is 0 Å². The van der Waals surface area contributed by atoms with Crippen molar-refractivity contribution in [1.29, 1.82) is 0 Å². The predicted molar refractivity (Wildman–Crippen MR) is 197 cm³/mol. The number of nitrogens with zero attached hydrogens (tertiary/aromatic N) is 3. The summed E-state index contributed by atoms with van der Waals surface area (Å²) in [5, 5.41) is 9.93. The maximum atomic E-state index is 13.7. The van der Waals surface area contributed by atoms with Gasteiger partial charge in [0, 0.05) is 80.3 Å². The number of hydrogen-bond donors (Lipinski definition) is 1. The lowest BCUT2D eigenvalue weighted by Gasteiger charge is -2.37. The molecule has 0 radical (unpaired) electrons. The Bertz CT molecular complexity index is 1850. The Morgan fingerprint density at radius 2 is 1.53 bits per heavy atom. The third-order valence-corrected chi connectivity index (χ3v) is 9.17. The van der Waals surface area contributed by atoms with E-state index < -0.39 is 5.97 Å². The standard InChI is InChI=1S/C40H43N3O5.ClH/c1-29-13-15-30(16-14-29)37(21-23-41-24-26-42(27-25-41)36-10-5-6-11-38(36)47-2)48-32-19-17-31(18-20-32)40(46)34-28-43(22-7-12-39(44)45)35-9-4-3-8-33(34)35;/h3-6,8-11,13-20,28,37H,7,12,21-27H2,1-2H3,(H,44,45);1H/t37-;/m0./s1. The molecule has 256 valence electrons. The second-order valence-corrected chi connectivity index (χ2v) is 12.4. The van der Waals surface area contributed by atoms with Crippen LogP contribution < -0.4 is 14.4 Å². The maximum absolute atomic E-state index is 13.7. The van der Waals surface area contributed by atoms with Gasteiger partial charge in [0.05, 0.1) is 12.8 Å². The van der Waals surface area contributed by atoms with Crippen molar-refractivity contribution in [3.8, 4) is 11.5 Å². The van der Waals surface area contributed by atoms with E-state index in [0.717, 1.165) is 67.0 Å². The number of rotatable bonds is 14. The van der Waals surface area contributed by atoms with Crippen LogP contribution in [0.15, 0.2) is 103 Å². The van der Waals surface area contributed by atoms with E-state index in [4.69, 9.17) is 14.6 Å². The van der Waals surface area contributed by atoms with Crippen molar-refractivity contribution >= 4 is 40.7 Å². The van der Waals surface area contributed by atoms with Gasteiger partial charge in [-0.3, -0.25) is 14.5 Å². The second-order valence-electron chi connectivity index (χ2n) is 12.4. The molecule has 1 aromatic heterocycles. The predicted octanol–water partition coefficient (Wildman–Crippen LogP) is 7.81. The van der Waals surface area contributed by atoms with Gasteiger partial charge in [0.2, 0.25) is 0 Å². The van der Waals surface area contributed by atoms with E-state index in [1.165, 1.54) is 5.56 Å². The zero-order valence-corrected chi connectivity index (χ0v) is 28.9. The third kappa shape index (κ3) is 8.63. The van der Waals surface area contributed by atoms with Gasteiger partial charge in [0.1, 0.15) is 17.6 Å². The number of benzene rings is 4. The highest BCUT2D eigenvalue weighted by Crippen LogP contribution is 2.30. The summed E-state index contributed by atoms with van der Waals surface area (Å²) in [7, 11) is 1.72. The minimum Gasteiger partial charge on any atom is -0.495 e. The van der Waals surface area contributed by atoms with Crippen LogP contribution in [-0.2, 0) is 11.3 Å². The van der Waals surface area contributed by atoms with Crippen LogP contribution in [0.25, 0.3) is 10.9 Å². The van der Waals surface area contributed by atoms with Gasteiger partial charge in [-0.1, -0.05) is 60.2 Å². The highest BCUT2D eigenvalue weighted by Gasteiger charge is 2.22. The topological polar surface area (TPSA) is 84.2 Å². The molecule has 1 saturated heterocycles. The highest BCUT2D eigenvalue weighted by atomic mass is 35.5. The summed E-state index contributed by atoms with van der Waals surface area (Å²) in [5.74, 6) is 0.732. The van der Waals surface area contributed by atoms with Crippen molar-refractivity contribution in [2.45, 2.75) is 38.8 Å². The average Bonchev–Trinajstić information content (AvgIpc) is 3.49. The number of ether oxygens (including phenoxy) is 2. The SMILES string of the molecule is COc1ccccc1N1CCN(CC[C@H](Oc2ccc(C(=O)c3cn(CCCC(=O)O)c4ccccc34)cc2)c2ccc(C)cc2)CC1.Cl. The zero-order chi connectivity index (χ0) is 33.5. The Balaban J connectivity index is 0.00000468. The molecule has 4 aromatic carbocycles. The van der Waals surface area contributed by atoms with Gasteiger partial charge in [-0.15, -0.1) is 12.4 Å². The average molecular weight is 682 g/mol. The molecule has 0 saturated carbocycles. The smallest absolute Gasteiger partial charge is 0.303 e. The van der Waals surface area contributed by atoms with Gasteiger partial charge in [-0.05, 0) is 61.4 Å². The van der Waals surface area contributed by atoms with Crippen LogP contribution in [-0.4, -0.2) is 66.2 Å². The van der Waals surface area contributed by atoms with Gasteiger partial charge in [0.25, 0.3) is 0 Å². The normalized spacial score (nSPS) is 13.9. The van der Waals surface area contributed by atoms with Crippen LogP contribution in [0.2, 0.25) is 0 Å². The number of carbonyl (C=O) groups excluding carboxylic acids is 1. The molecule has 1 aliphatic rings. The second kappa shape index (κ2) is 16.5. The Kier molecular flexibility index (Phi) is 12.0. The minimum absolute atomic E-state index is 0.